The third-order valence-corrected chi connectivity index (χ3v) is 3.75. The number of nitroso groups, excluding NO2 is 1. The lowest BCUT2D eigenvalue weighted by Crippen LogP contribution is -2.27. The van der Waals surface area contributed by atoms with Gasteiger partial charge in [0.25, 0.3) is 0 Å². The Morgan fingerprint density at radius 2 is 1.74 bits per heavy atom. The van der Waals surface area contributed by atoms with E-state index in [4.69, 9.17) is 9.47 Å². The lowest BCUT2D eigenvalue weighted by molar-refractivity contribution is -0.158. The van der Waals surface area contributed by atoms with Crippen LogP contribution < -0.4 is 0 Å². The van der Waals surface area contributed by atoms with E-state index in [0.29, 0.717) is 6.61 Å². The molecule has 0 aromatic carbocycles. The Labute approximate surface area is 117 Å². The monoisotopic (exact) mass is 271 g/mol. The summed E-state index contributed by atoms with van der Waals surface area (Å²) in [5.41, 5.74) is 0. The van der Waals surface area contributed by atoms with Crippen molar-refractivity contribution in [2.75, 3.05) is 13.2 Å². The Morgan fingerprint density at radius 1 is 1.11 bits per heavy atom. The Hall–Kier alpha value is -0.480. The Balaban J connectivity index is 1.98. The van der Waals surface area contributed by atoms with Crippen molar-refractivity contribution in [3.63, 3.8) is 0 Å². The van der Waals surface area contributed by atoms with E-state index in [2.05, 4.69) is 12.1 Å². The minimum atomic E-state index is -0.489. The predicted octanol–water partition coefficient (Wildman–Crippen LogP) is 4.42. The highest BCUT2D eigenvalue weighted by Crippen LogP contribution is 2.29. The van der Waals surface area contributed by atoms with Crippen LogP contribution in [0.5, 0.6) is 0 Å². The van der Waals surface area contributed by atoms with Gasteiger partial charge >= 0.3 is 0 Å². The third kappa shape index (κ3) is 7.02. The number of rotatable bonds is 11. The van der Waals surface area contributed by atoms with Gasteiger partial charge in [0.2, 0.25) is 0 Å². The van der Waals surface area contributed by atoms with Crippen LogP contribution in [0.4, 0.5) is 0 Å². The second-order valence-electron chi connectivity index (χ2n) is 5.72. The predicted molar refractivity (Wildman–Crippen MR) is 77.1 cm³/mol. The zero-order chi connectivity index (χ0) is 14.0. The Morgan fingerprint density at radius 3 is 2.37 bits per heavy atom. The van der Waals surface area contributed by atoms with Crippen molar-refractivity contribution in [1.29, 1.82) is 0 Å². The van der Waals surface area contributed by atoms with Crippen molar-refractivity contribution in [2.24, 2.45) is 5.18 Å². The SMILES string of the molecule is CCCCCCCCCCC1(C)OCC(CN=O)O1. The lowest BCUT2D eigenvalue weighted by atomic mass is 10.0. The van der Waals surface area contributed by atoms with E-state index >= 15 is 0 Å². The molecule has 0 spiro atoms. The molecule has 2 unspecified atom stereocenters. The molecule has 0 bridgehead atoms. The van der Waals surface area contributed by atoms with Gasteiger partial charge in [-0.25, -0.2) is 0 Å². The quantitative estimate of drug-likeness (QED) is 0.413. The van der Waals surface area contributed by atoms with Gasteiger partial charge in [-0.2, -0.15) is 4.91 Å². The van der Waals surface area contributed by atoms with Gasteiger partial charge in [-0.05, 0) is 13.3 Å². The van der Waals surface area contributed by atoms with Gasteiger partial charge < -0.3 is 9.47 Å². The first-order valence-corrected chi connectivity index (χ1v) is 7.81. The molecule has 0 radical (unpaired) electrons. The summed E-state index contributed by atoms with van der Waals surface area (Å²) in [6, 6.07) is 0. The number of ether oxygens (including phenoxy) is 2. The zero-order valence-electron chi connectivity index (χ0n) is 12.5. The van der Waals surface area contributed by atoms with Crippen LogP contribution in [0.15, 0.2) is 5.18 Å². The molecule has 1 saturated heterocycles. The van der Waals surface area contributed by atoms with Gasteiger partial charge in [0, 0.05) is 6.42 Å². The molecule has 1 aliphatic heterocycles. The second-order valence-corrected chi connectivity index (χ2v) is 5.72. The molecule has 4 nitrogen and oxygen atoms in total. The smallest absolute Gasteiger partial charge is 0.166 e. The first kappa shape index (κ1) is 16.6. The van der Waals surface area contributed by atoms with E-state index in [1.165, 1.54) is 44.9 Å². The Kier molecular flexibility index (Phi) is 8.22. The molecule has 0 amide bonds. The molecule has 112 valence electrons. The highest BCUT2D eigenvalue weighted by atomic mass is 16.7. The summed E-state index contributed by atoms with van der Waals surface area (Å²) in [6.07, 6.45) is 11.2. The second kappa shape index (κ2) is 9.43. The van der Waals surface area contributed by atoms with Crippen LogP contribution in [0, 0.1) is 4.91 Å². The van der Waals surface area contributed by atoms with Gasteiger partial charge in [-0.15, -0.1) is 0 Å². The van der Waals surface area contributed by atoms with E-state index in [1.54, 1.807) is 0 Å². The summed E-state index contributed by atoms with van der Waals surface area (Å²) in [5, 5.41) is 2.87. The van der Waals surface area contributed by atoms with Crippen molar-refractivity contribution in [2.45, 2.75) is 83.5 Å². The molecule has 0 N–H and O–H groups in total. The standard InChI is InChI=1S/C15H29NO3/c1-3-4-5-6-7-8-9-10-11-15(2)18-13-14(19-15)12-16-17/h14H,3-13H2,1-2H3. The van der Waals surface area contributed by atoms with Gasteiger partial charge in [-0.1, -0.05) is 57.0 Å². The average molecular weight is 271 g/mol. The molecule has 2 atom stereocenters. The maximum absolute atomic E-state index is 10.2. The number of nitrogens with zero attached hydrogens (tertiary/aromatic N) is 1. The zero-order valence-corrected chi connectivity index (χ0v) is 12.5. The van der Waals surface area contributed by atoms with Gasteiger partial charge in [0.1, 0.15) is 12.6 Å². The molecule has 1 fully saturated rings. The van der Waals surface area contributed by atoms with E-state index in [9.17, 15) is 4.91 Å². The largest absolute Gasteiger partial charge is 0.347 e. The molecule has 1 aliphatic rings. The number of hydrogen-bond donors (Lipinski definition) is 0. The molecular weight excluding hydrogens is 242 g/mol. The Bertz CT molecular complexity index is 248. The first-order valence-electron chi connectivity index (χ1n) is 7.81. The van der Waals surface area contributed by atoms with E-state index in [1.807, 2.05) is 6.92 Å². The molecule has 4 heteroatoms. The number of unbranched alkanes of at least 4 members (excludes halogenated alkanes) is 7. The molecular formula is C15H29NO3. The van der Waals surface area contributed by atoms with Gasteiger partial charge in [0.15, 0.2) is 5.79 Å². The molecule has 19 heavy (non-hydrogen) atoms. The van der Waals surface area contributed by atoms with Crippen LogP contribution in [-0.2, 0) is 9.47 Å². The fraction of sp³-hybridized carbons (Fsp3) is 1.00. The summed E-state index contributed by atoms with van der Waals surface area (Å²) >= 11 is 0. The number of hydrogen-bond acceptors (Lipinski definition) is 4. The first-order chi connectivity index (χ1) is 9.20. The highest BCUT2D eigenvalue weighted by molar-refractivity contribution is 4.76. The van der Waals surface area contributed by atoms with Crippen LogP contribution in [0.1, 0.15) is 71.6 Å². The van der Waals surface area contributed by atoms with Crippen molar-refractivity contribution < 1.29 is 9.47 Å². The van der Waals surface area contributed by atoms with Crippen molar-refractivity contribution >= 4 is 0 Å². The van der Waals surface area contributed by atoms with Crippen LogP contribution >= 0.6 is 0 Å². The summed E-state index contributed by atoms with van der Waals surface area (Å²) in [5.74, 6) is -0.489. The van der Waals surface area contributed by atoms with Crippen LogP contribution in [-0.4, -0.2) is 25.0 Å². The van der Waals surface area contributed by atoms with Crippen LogP contribution in [0.25, 0.3) is 0 Å². The molecule has 0 aromatic heterocycles. The molecule has 1 heterocycles. The third-order valence-electron chi connectivity index (χ3n) is 3.75. The van der Waals surface area contributed by atoms with Crippen molar-refractivity contribution in [3.05, 3.63) is 4.91 Å². The summed E-state index contributed by atoms with van der Waals surface area (Å²) < 4.78 is 11.4. The van der Waals surface area contributed by atoms with Gasteiger partial charge in [-0.3, -0.25) is 0 Å². The molecule has 0 aliphatic carbocycles. The van der Waals surface area contributed by atoms with Crippen LogP contribution in [0.2, 0.25) is 0 Å². The minimum absolute atomic E-state index is 0.142. The maximum Gasteiger partial charge on any atom is 0.166 e. The van der Waals surface area contributed by atoms with Crippen molar-refractivity contribution in [1.82, 2.24) is 0 Å². The lowest BCUT2D eigenvalue weighted by Gasteiger charge is -2.22. The normalized spacial score (nSPS) is 26.7. The van der Waals surface area contributed by atoms with E-state index in [-0.39, 0.29) is 12.6 Å². The highest BCUT2D eigenvalue weighted by Gasteiger charge is 2.36. The van der Waals surface area contributed by atoms with E-state index < -0.39 is 5.79 Å². The fourth-order valence-electron chi connectivity index (χ4n) is 2.57. The maximum atomic E-state index is 10.2. The van der Waals surface area contributed by atoms with Gasteiger partial charge in [0.05, 0.1) is 6.61 Å². The molecule has 1 rings (SSSR count). The summed E-state index contributed by atoms with van der Waals surface area (Å²) in [7, 11) is 0. The average Bonchev–Trinajstić information content (AvgIpc) is 2.75. The van der Waals surface area contributed by atoms with Crippen molar-refractivity contribution in [3.8, 4) is 0 Å². The minimum Gasteiger partial charge on any atom is -0.347 e. The fourth-order valence-corrected chi connectivity index (χ4v) is 2.57. The summed E-state index contributed by atoms with van der Waals surface area (Å²) in [4.78, 5) is 10.2. The molecule has 0 saturated carbocycles. The van der Waals surface area contributed by atoms with Crippen LogP contribution in [0.3, 0.4) is 0 Å². The van der Waals surface area contributed by atoms with E-state index in [0.717, 1.165) is 12.8 Å². The summed E-state index contributed by atoms with van der Waals surface area (Å²) in [6.45, 7) is 4.92. The molecule has 0 aromatic rings. The topological polar surface area (TPSA) is 47.9 Å².